The SMILES string of the molecule is CC.CC1CC(C#N)C1.COc1ccccc1. The van der Waals surface area contributed by atoms with Crippen molar-refractivity contribution in [1.29, 1.82) is 5.26 Å². The third-order valence-corrected chi connectivity index (χ3v) is 2.54. The molecule has 0 N–H and O–H groups in total. The van der Waals surface area contributed by atoms with E-state index in [4.69, 9.17) is 10.00 Å². The molecule has 94 valence electrons. The second kappa shape index (κ2) is 9.72. The van der Waals surface area contributed by atoms with Gasteiger partial charge in [0.05, 0.1) is 13.2 Å². The van der Waals surface area contributed by atoms with Gasteiger partial charge in [-0.2, -0.15) is 5.26 Å². The molecule has 1 aliphatic carbocycles. The first-order valence-electron chi connectivity index (χ1n) is 6.25. The molecule has 1 aromatic carbocycles. The Bertz CT molecular complexity index is 309. The first-order valence-corrected chi connectivity index (χ1v) is 6.25. The van der Waals surface area contributed by atoms with Gasteiger partial charge in [0.15, 0.2) is 0 Å². The molecule has 1 saturated carbocycles. The lowest BCUT2D eigenvalue weighted by Crippen LogP contribution is -2.18. The smallest absolute Gasteiger partial charge is 0.118 e. The van der Waals surface area contributed by atoms with Crippen molar-refractivity contribution in [3.05, 3.63) is 30.3 Å². The van der Waals surface area contributed by atoms with Gasteiger partial charge in [-0.3, -0.25) is 0 Å². The van der Waals surface area contributed by atoms with E-state index in [-0.39, 0.29) is 0 Å². The number of benzene rings is 1. The Hall–Kier alpha value is -1.49. The van der Waals surface area contributed by atoms with Crippen LogP contribution in [0.15, 0.2) is 30.3 Å². The van der Waals surface area contributed by atoms with Crippen LogP contribution in [0.25, 0.3) is 0 Å². The molecule has 1 aliphatic rings. The molecule has 0 radical (unpaired) electrons. The summed E-state index contributed by atoms with van der Waals surface area (Å²) in [6.07, 6.45) is 2.27. The summed E-state index contributed by atoms with van der Waals surface area (Å²) in [6, 6.07) is 11.9. The van der Waals surface area contributed by atoms with Crippen LogP contribution in [0.2, 0.25) is 0 Å². The summed E-state index contributed by atoms with van der Waals surface area (Å²) in [4.78, 5) is 0. The maximum Gasteiger partial charge on any atom is 0.118 e. The zero-order valence-electron chi connectivity index (χ0n) is 11.3. The summed E-state index contributed by atoms with van der Waals surface area (Å²) < 4.78 is 4.91. The second-order valence-electron chi connectivity index (χ2n) is 3.92. The van der Waals surface area contributed by atoms with Crippen molar-refractivity contribution in [2.24, 2.45) is 11.8 Å². The van der Waals surface area contributed by atoms with Crippen molar-refractivity contribution in [1.82, 2.24) is 0 Å². The highest BCUT2D eigenvalue weighted by Crippen LogP contribution is 2.31. The molecular weight excluding hydrogens is 210 g/mol. The summed E-state index contributed by atoms with van der Waals surface area (Å²) >= 11 is 0. The highest BCUT2D eigenvalue weighted by molar-refractivity contribution is 5.20. The topological polar surface area (TPSA) is 33.0 Å². The summed E-state index contributed by atoms with van der Waals surface area (Å²) in [7, 11) is 1.66. The van der Waals surface area contributed by atoms with E-state index in [1.807, 2.05) is 44.2 Å². The molecular formula is C15H23NO. The average Bonchev–Trinajstić information content (AvgIpc) is 2.39. The number of hydrogen-bond acceptors (Lipinski definition) is 2. The summed E-state index contributed by atoms with van der Waals surface area (Å²) in [5.41, 5.74) is 0. The van der Waals surface area contributed by atoms with E-state index in [0.29, 0.717) is 5.92 Å². The van der Waals surface area contributed by atoms with Gasteiger partial charge < -0.3 is 4.74 Å². The van der Waals surface area contributed by atoms with Gasteiger partial charge in [0.1, 0.15) is 5.75 Å². The van der Waals surface area contributed by atoms with Gasteiger partial charge in [0, 0.05) is 5.92 Å². The van der Waals surface area contributed by atoms with E-state index >= 15 is 0 Å². The third-order valence-electron chi connectivity index (χ3n) is 2.54. The van der Waals surface area contributed by atoms with Crippen molar-refractivity contribution in [2.75, 3.05) is 7.11 Å². The van der Waals surface area contributed by atoms with Crippen molar-refractivity contribution >= 4 is 0 Å². The zero-order valence-corrected chi connectivity index (χ0v) is 11.3. The largest absolute Gasteiger partial charge is 0.497 e. The minimum atomic E-state index is 0.398. The zero-order chi connectivity index (χ0) is 13.1. The summed E-state index contributed by atoms with van der Waals surface area (Å²) in [5, 5.41) is 8.25. The minimum absolute atomic E-state index is 0.398. The minimum Gasteiger partial charge on any atom is -0.497 e. The molecule has 0 aromatic heterocycles. The lowest BCUT2D eigenvalue weighted by molar-refractivity contribution is 0.270. The van der Waals surface area contributed by atoms with Crippen LogP contribution in [0.3, 0.4) is 0 Å². The molecule has 1 aromatic rings. The first kappa shape index (κ1) is 15.5. The number of ether oxygens (including phenoxy) is 1. The van der Waals surface area contributed by atoms with Gasteiger partial charge in [-0.15, -0.1) is 0 Å². The van der Waals surface area contributed by atoms with Gasteiger partial charge in [-0.25, -0.2) is 0 Å². The van der Waals surface area contributed by atoms with E-state index in [0.717, 1.165) is 24.5 Å². The molecule has 0 amide bonds. The predicted octanol–water partition coefficient (Wildman–Crippen LogP) is 4.28. The fourth-order valence-corrected chi connectivity index (χ4v) is 1.56. The third kappa shape index (κ3) is 6.63. The Balaban J connectivity index is 0.000000265. The summed E-state index contributed by atoms with van der Waals surface area (Å²) in [6.45, 7) is 6.19. The van der Waals surface area contributed by atoms with Crippen LogP contribution in [-0.2, 0) is 0 Å². The van der Waals surface area contributed by atoms with Gasteiger partial charge >= 0.3 is 0 Å². The van der Waals surface area contributed by atoms with E-state index in [9.17, 15) is 0 Å². The fourth-order valence-electron chi connectivity index (χ4n) is 1.56. The van der Waals surface area contributed by atoms with Crippen molar-refractivity contribution in [3.63, 3.8) is 0 Å². The lowest BCUT2D eigenvalue weighted by atomic mass is 9.77. The van der Waals surface area contributed by atoms with Crippen molar-refractivity contribution < 1.29 is 4.74 Å². The molecule has 0 unspecified atom stereocenters. The normalized spacial score (nSPS) is 20.4. The number of para-hydroxylation sites is 1. The molecule has 0 aliphatic heterocycles. The number of methoxy groups -OCH3 is 1. The quantitative estimate of drug-likeness (QED) is 0.725. The van der Waals surface area contributed by atoms with Crippen LogP contribution in [0.4, 0.5) is 0 Å². The molecule has 0 heterocycles. The molecule has 0 spiro atoms. The van der Waals surface area contributed by atoms with Gasteiger partial charge in [-0.05, 0) is 30.9 Å². The first-order chi connectivity index (χ1) is 8.26. The molecule has 0 bridgehead atoms. The van der Waals surface area contributed by atoms with Crippen molar-refractivity contribution in [3.8, 4) is 11.8 Å². The van der Waals surface area contributed by atoms with Gasteiger partial charge in [-0.1, -0.05) is 39.0 Å². The highest BCUT2D eigenvalue weighted by Gasteiger charge is 2.24. The molecule has 2 nitrogen and oxygen atoms in total. The second-order valence-corrected chi connectivity index (χ2v) is 3.92. The summed E-state index contributed by atoms with van der Waals surface area (Å²) in [5.74, 6) is 2.13. The van der Waals surface area contributed by atoms with Gasteiger partial charge in [0.2, 0.25) is 0 Å². The van der Waals surface area contributed by atoms with E-state index in [2.05, 4.69) is 13.0 Å². The number of nitrogens with zero attached hydrogens (tertiary/aromatic N) is 1. The molecule has 17 heavy (non-hydrogen) atoms. The van der Waals surface area contributed by atoms with Crippen LogP contribution in [0.1, 0.15) is 33.6 Å². The molecule has 0 saturated heterocycles. The number of rotatable bonds is 1. The van der Waals surface area contributed by atoms with E-state index in [1.165, 1.54) is 0 Å². The monoisotopic (exact) mass is 233 g/mol. The Morgan fingerprint density at radius 1 is 1.18 bits per heavy atom. The lowest BCUT2D eigenvalue weighted by Gasteiger charge is -2.26. The van der Waals surface area contributed by atoms with Crippen LogP contribution in [-0.4, -0.2) is 7.11 Å². The highest BCUT2D eigenvalue weighted by atomic mass is 16.5. The molecule has 2 rings (SSSR count). The van der Waals surface area contributed by atoms with Gasteiger partial charge in [0.25, 0.3) is 0 Å². The number of hydrogen-bond donors (Lipinski definition) is 0. The Kier molecular flexibility index (Phi) is 8.86. The van der Waals surface area contributed by atoms with E-state index in [1.54, 1.807) is 7.11 Å². The predicted molar refractivity (Wildman–Crippen MR) is 71.8 cm³/mol. The van der Waals surface area contributed by atoms with Crippen LogP contribution in [0, 0.1) is 23.2 Å². The molecule has 2 heteroatoms. The van der Waals surface area contributed by atoms with Crippen LogP contribution >= 0.6 is 0 Å². The maximum absolute atomic E-state index is 8.25. The Morgan fingerprint density at radius 2 is 1.71 bits per heavy atom. The molecule has 0 atom stereocenters. The maximum atomic E-state index is 8.25. The standard InChI is InChI=1S/C7H8O.C6H9N.C2H6/c1-8-7-5-3-2-4-6-7;1-5-2-6(3-5)4-7;1-2/h2-6H,1H3;5-6H,2-3H2,1H3;1-2H3. The van der Waals surface area contributed by atoms with Crippen molar-refractivity contribution in [2.45, 2.75) is 33.6 Å². The Morgan fingerprint density at radius 3 is 1.94 bits per heavy atom. The molecule has 1 fully saturated rings. The Labute approximate surface area is 105 Å². The average molecular weight is 233 g/mol. The number of nitriles is 1. The van der Waals surface area contributed by atoms with E-state index < -0.39 is 0 Å². The van der Waals surface area contributed by atoms with Crippen LogP contribution < -0.4 is 4.74 Å². The fraction of sp³-hybridized carbons (Fsp3) is 0.533. The van der Waals surface area contributed by atoms with Crippen LogP contribution in [0.5, 0.6) is 5.75 Å².